The molecule has 6 nitrogen and oxygen atoms in total. The van der Waals surface area contributed by atoms with Gasteiger partial charge in [-0.2, -0.15) is 0 Å². The Hall–Kier alpha value is -1.44. The first kappa shape index (κ1) is 16.4. The van der Waals surface area contributed by atoms with Crippen LogP contribution in [-0.4, -0.2) is 35.3 Å². The lowest BCUT2D eigenvalue weighted by Crippen LogP contribution is -2.06. The number of nitrogens with zero attached hydrogens (tertiary/aromatic N) is 2. The van der Waals surface area contributed by atoms with Gasteiger partial charge in [-0.15, -0.1) is 0 Å². The highest BCUT2D eigenvalue weighted by atomic mass is 79.9. The van der Waals surface area contributed by atoms with Crippen LogP contribution in [-0.2, 0) is 14.2 Å². The second-order valence-electron chi connectivity index (χ2n) is 5.56. The maximum Gasteiger partial charge on any atom is 0.341 e. The fraction of sp³-hybridized carbons (Fsp3) is 0.500. The van der Waals surface area contributed by atoms with Crippen molar-refractivity contribution in [1.29, 1.82) is 0 Å². The van der Waals surface area contributed by atoms with Gasteiger partial charge in [-0.05, 0) is 42.8 Å². The van der Waals surface area contributed by atoms with Crippen molar-refractivity contribution >= 4 is 32.9 Å². The molecule has 7 heteroatoms. The Morgan fingerprint density at radius 3 is 2.78 bits per heavy atom. The van der Waals surface area contributed by atoms with Crippen LogP contribution in [0.25, 0.3) is 11.0 Å². The van der Waals surface area contributed by atoms with E-state index in [1.54, 1.807) is 13.1 Å². The summed E-state index contributed by atoms with van der Waals surface area (Å²) in [4.78, 5) is 16.9. The van der Waals surface area contributed by atoms with Crippen LogP contribution < -0.4 is 0 Å². The van der Waals surface area contributed by atoms with Crippen LogP contribution in [0.3, 0.4) is 0 Å². The lowest BCUT2D eigenvalue weighted by atomic mass is 10.2. The molecule has 0 radical (unpaired) electrons. The van der Waals surface area contributed by atoms with Gasteiger partial charge in [-0.25, -0.2) is 9.78 Å². The van der Waals surface area contributed by atoms with Crippen LogP contribution in [0, 0.1) is 0 Å². The number of ether oxygens (including phenoxy) is 3. The normalized spacial score (nSPS) is 15.7. The molecular weight excluding hydrogens is 364 g/mol. The van der Waals surface area contributed by atoms with Crippen LogP contribution in [0.15, 0.2) is 16.7 Å². The third kappa shape index (κ3) is 3.00. The average Bonchev–Trinajstić information content (AvgIpc) is 3.13. The zero-order chi connectivity index (χ0) is 16.6. The number of carbonyl (C=O) groups is 1. The van der Waals surface area contributed by atoms with Gasteiger partial charge >= 0.3 is 5.97 Å². The molecular formula is C16H19BrN2O4. The predicted octanol–water partition coefficient (Wildman–Crippen LogP) is 3.60. The largest absolute Gasteiger partial charge is 0.462 e. The van der Waals surface area contributed by atoms with Crippen molar-refractivity contribution < 1.29 is 19.0 Å². The highest BCUT2D eigenvalue weighted by Gasteiger charge is 2.26. The third-order valence-corrected chi connectivity index (χ3v) is 4.32. The molecule has 0 bridgehead atoms. The molecule has 3 heterocycles. The van der Waals surface area contributed by atoms with Crippen molar-refractivity contribution in [3.8, 4) is 0 Å². The standard InChI is InChI=1S/C16H19BrN2O4/c1-4-21-15(20)10-8-19(9(2)3)12-7-11(17)14(18-13(10)12)16-22-5-6-23-16/h7-9,16H,4-6H2,1-3H3. The second kappa shape index (κ2) is 6.59. The molecule has 0 saturated carbocycles. The minimum absolute atomic E-state index is 0.194. The number of hydrogen-bond acceptors (Lipinski definition) is 5. The fourth-order valence-corrected chi connectivity index (χ4v) is 3.12. The van der Waals surface area contributed by atoms with Gasteiger partial charge in [-0.3, -0.25) is 0 Å². The molecule has 0 aliphatic carbocycles. The topological polar surface area (TPSA) is 62.6 Å². The SMILES string of the molecule is CCOC(=O)c1cn(C(C)C)c2cc(Br)c(C3OCCO3)nc12. The second-order valence-corrected chi connectivity index (χ2v) is 6.42. The summed E-state index contributed by atoms with van der Waals surface area (Å²) in [6.07, 6.45) is 1.29. The van der Waals surface area contributed by atoms with E-state index in [1.165, 1.54) is 0 Å². The number of aromatic nitrogens is 2. The molecule has 0 atom stereocenters. The van der Waals surface area contributed by atoms with Crippen molar-refractivity contribution in [3.05, 3.63) is 28.0 Å². The Morgan fingerprint density at radius 2 is 2.17 bits per heavy atom. The minimum Gasteiger partial charge on any atom is -0.462 e. The summed E-state index contributed by atoms with van der Waals surface area (Å²) in [6, 6.07) is 2.14. The van der Waals surface area contributed by atoms with Crippen molar-refractivity contribution in [3.63, 3.8) is 0 Å². The van der Waals surface area contributed by atoms with E-state index in [-0.39, 0.29) is 12.0 Å². The van der Waals surface area contributed by atoms with Gasteiger partial charge in [0.2, 0.25) is 6.29 Å². The molecule has 1 aliphatic rings. The number of pyridine rings is 1. The van der Waals surface area contributed by atoms with Gasteiger partial charge in [0, 0.05) is 16.7 Å². The molecule has 23 heavy (non-hydrogen) atoms. The van der Waals surface area contributed by atoms with Gasteiger partial charge in [0.1, 0.15) is 16.8 Å². The quantitative estimate of drug-likeness (QED) is 0.755. The maximum absolute atomic E-state index is 12.3. The number of halogens is 1. The molecule has 2 aromatic heterocycles. The summed E-state index contributed by atoms with van der Waals surface area (Å²) in [5.41, 5.74) is 2.58. The predicted molar refractivity (Wildman–Crippen MR) is 88.4 cm³/mol. The minimum atomic E-state index is -0.508. The van der Waals surface area contributed by atoms with Crippen LogP contribution in [0.2, 0.25) is 0 Å². The number of hydrogen-bond donors (Lipinski definition) is 0. The molecule has 2 aromatic rings. The Morgan fingerprint density at radius 1 is 1.48 bits per heavy atom. The smallest absolute Gasteiger partial charge is 0.341 e. The first-order valence-corrected chi connectivity index (χ1v) is 8.43. The molecule has 124 valence electrons. The number of carbonyl (C=O) groups excluding carboxylic acids is 1. The fourth-order valence-electron chi connectivity index (χ4n) is 2.63. The molecule has 0 aromatic carbocycles. The van der Waals surface area contributed by atoms with Gasteiger partial charge in [0.15, 0.2) is 0 Å². The first-order chi connectivity index (χ1) is 11.0. The average molecular weight is 383 g/mol. The van der Waals surface area contributed by atoms with Crippen molar-refractivity contribution in [2.45, 2.75) is 33.1 Å². The number of fused-ring (bicyclic) bond motifs is 1. The summed E-state index contributed by atoms with van der Waals surface area (Å²) in [7, 11) is 0. The van der Waals surface area contributed by atoms with Gasteiger partial charge in [-0.1, -0.05) is 0 Å². The molecule has 3 rings (SSSR count). The van der Waals surface area contributed by atoms with E-state index in [4.69, 9.17) is 14.2 Å². The monoisotopic (exact) mass is 382 g/mol. The summed E-state index contributed by atoms with van der Waals surface area (Å²) >= 11 is 3.54. The Balaban J connectivity index is 2.18. The zero-order valence-corrected chi connectivity index (χ0v) is 14.9. The number of rotatable bonds is 4. The summed E-state index contributed by atoms with van der Waals surface area (Å²) in [5.74, 6) is -0.370. The summed E-state index contributed by atoms with van der Waals surface area (Å²) in [5, 5.41) is 0. The van der Waals surface area contributed by atoms with E-state index < -0.39 is 6.29 Å². The molecule has 1 saturated heterocycles. The highest BCUT2D eigenvalue weighted by molar-refractivity contribution is 9.10. The third-order valence-electron chi connectivity index (χ3n) is 3.68. The van der Waals surface area contributed by atoms with Crippen LogP contribution in [0.5, 0.6) is 0 Å². The van der Waals surface area contributed by atoms with E-state index in [2.05, 4.69) is 34.8 Å². The molecule has 0 unspecified atom stereocenters. The summed E-state index contributed by atoms with van der Waals surface area (Å²) < 4.78 is 19.0. The van der Waals surface area contributed by atoms with E-state index in [0.717, 1.165) is 9.99 Å². The number of esters is 1. The van der Waals surface area contributed by atoms with E-state index in [9.17, 15) is 4.79 Å². The van der Waals surface area contributed by atoms with Crippen LogP contribution in [0.1, 0.15) is 49.2 Å². The van der Waals surface area contributed by atoms with E-state index >= 15 is 0 Å². The lowest BCUT2D eigenvalue weighted by molar-refractivity contribution is -0.0476. The lowest BCUT2D eigenvalue weighted by Gasteiger charge is -2.13. The first-order valence-electron chi connectivity index (χ1n) is 7.64. The Bertz CT molecular complexity index is 735. The Kier molecular flexibility index (Phi) is 4.70. The Labute approximate surface area is 142 Å². The van der Waals surface area contributed by atoms with Crippen molar-refractivity contribution in [1.82, 2.24) is 9.55 Å². The highest BCUT2D eigenvalue weighted by Crippen LogP contribution is 2.33. The van der Waals surface area contributed by atoms with Crippen molar-refractivity contribution in [2.24, 2.45) is 0 Å². The van der Waals surface area contributed by atoms with Gasteiger partial charge in [0.05, 0.1) is 25.3 Å². The van der Waals surface area contributed by atoms with Crippen LogP contribution in [0.4, 0.5) is 0 Å². The van der Waals surface area contributed by atoms with E-state index in [0.29, 0.717) is 36.6 Å². The maximum atomic E-state index is 12.3. The van der Waals surface area contributed by atoms with Gasteiger partial charge in [0.25, 0.3) is 0 Å². The molecule has 1 aliphatic heterocycles. The molecule has 0 N–H and O–H groups in total. The van der Waals surface area contributed by atoms with Crippen molar-refractivity contribution in [2.75, 3.05) is 19.8 Å². The summed E-state index contributed by atoms with van der Waals surface area (Å²) in [6.45, 7) is 7.29. The zero-order valence-electron chi connectivity index (χ0n) is 13.3. The van der Waals surface area contributed by atoms with Crippen LogP contribution >= 0.6 is 15.9 Å². The molecule has 0 spiro atoms. The van der Waals surface area contributed by atoms with E-state index in [1.807, 2.05) is 10.6 Å². The molecule has 0 amide bonds. The van der Waals surface area contributed by atoms with Gasteiger partial charge < -0.3 is 18.8 Å². The molecule has 1 fully saturated rings.